The van der Waals surface area contributed by atoms with Gasteiger partial charge in [0.25, 0.3) is 0 Å². The monoisotopic (exact) mass is 179 g/mol. The molecule has 1 heterocycles. The second-order valence-corrected chi connectivity index (χ2v) is 3.29. The van der Waals surface area contributed by atoms with E-state index in [1.807, 2.05) is 10.7 Å². The highest BCUT2D eigenvalue weighted by Gasteiger charge is 2.02. The second kappa shape index (κ2) is 4.52. The molecule has 0 aliphatic heterocycles. The zero-order valence-electron chi connectivity index (χ0n) is 7.88. The van der Waals surface area contributed by atoms with Crippen LogP contribution < -0.4 is 0 Å². The lowest BCUT2D eigenvalue weighted by Crippen LogP contribution is -2.08. The van der Waals surface area contributed by atoms with Crippen molar-refractivity contribution in [1.82, 2.24) is 9.78 Å². The normalized spacial score (nSPS) is 10.1. The van der Waals surface area contributed by atoms with Gasteiger partial charge in [-0.1, -0.05) is 19.0 Å². The first kappa shape index (κ1) is 9.61. The fourth-order valence-corrected chi connectivity index (χ4v) is 1.11. The molecule has 0 bridgehead atoms. The van der Waals surface area contributed by atoms with Crippen LogP contribution in [-0.2, 0) is 13.1 Å². The van der Waals surface area contributed by atoms with Gasteiger partial charge in [0.15, 0.2) is 0 Å². The number of azide groups is 1. The quantitative estimate of drug-likeness (QED) is 0.397. The average molecular weight is 179 g/mol. The number of aromatic nitrogens is 2. The van der Waals surface area contributed by atoms with Crippen molar-refractivity contribution < 1.29 is 0 Å². The molecule has 0 saturated heterocycles. The van der Waals surface area contributed by atoms with Crippen LogP contribution in [0.15, 0.2) is 17.4 Å². The standard InChI is InChI=1S/C8H13N5/c1-7(2)6-13-8(3-4-11-13)5-10-12-9/h3-4,7H,5-6H2,1-2H3. The summed E-state index contributed by atoms with van der Waals surface area (Å²) in [4.78, 5) is 2.71. The number of hydrogen-bond acceptors (Lipinski definition) is 2. The Morgan fingerprint density at radius 3 is 3.08 bits per heavy atom. The molecule has 5 nitrogen and oxygen atoms in total. The molecule has 0 saturated carbocycles. The minimum absolute atomic E-state index is 0.378. The van der Waals surface area contributed by atoms with Gasteiger partial charge in [-0.2, -0.15) is 5.10 Å². The third-order valence-electron chi connectivity index (χ3n) is 1.64. The van der Waals surface area contributed by atoms with Crippen LogP contribution in [0.1, 0.15) is 19.5 Å². The lowest BCUT2D eigenvalue weighted by Gasteiger charge is -2.07. The van der Waals surface area contributed by atoms with E-state index in [1.165, 1.54) is 0 Å². The lowest BCUT2D eigenvalue weighted by molar-refractivity contribution is 0.469. The van der Waals surface area contributed by atoms with Gasteiger partial charge in [-0.15, -0.1) is 0 Å². The maximum Gasteiger partial charge on any atom is 0.0681 e. The molecule has 0 atom stereocenters. The van der Waals surface area contributed by atoms with Crippen LogP contribution >= 0.6 is 0 Å². The van der Waals surface area contributed by atoms with Crippen LogP contribution in [0.2, 0.25) is 0 Å². The Kier molecular flexibility index (Phi) is 3.34. The van der Waals surface area contributed by atoms with Crippen LogP contribution in [0.25, 0.3) is 10.4 Å². The molecule has 70 valence electrons. The van der Waals surface area contributed by atoms with Crippen molar-refractivity contribution in [2.45, 2.75) is 26.9 Å². The van der Waals surface area contributed by atoms with Gasteiger partial charge in [-0.25, -0.2) is 0 Å². The summed E-state index contributed by atoms with van der Waals surface area (Å²) in [5.74, 6) is 0.546. The number of nitrogens with zero attached hydrogens (tertiary/aromatic N) is 5. The van der Waals surface area contributed by atoms with Crippen LogP contribution in [0.3, 0.4) is 0 Å². The molecule has 0 unspecified atom stereocenters. The molecule has 0 aliphatic carbocycles. The summed E-state index contributed by atoms with van der Waals surface area (Å²) in [6, 6.07) is 1.87. The lowest BCUT2D eigenvalue weighted by atomic mass is 10.2. The van der Waals surface area contributed by atoms with Crippen molar-refractivity contribution in [3.8, 4) is 0 Å². The SMILES string of the molecule is CC(C)Cn1nccc1CN=[N+]=[N-]. The van der Waals surface area contributed by atoms with Crippen LogP contribution in [-0.4, -0.2) is 9.78 Å². The molecule has 0 spiro atoms. The third-order valence-corrected chi connectivity index (χ3v) is 1.64. The first-order valence-corrected chi connectivity index (χ1v) is 4.25. The highest BCUT2D eigenvalue weighted by atomic mass is 15.3. The first-order valence-electron chi connectivity index (χ1n) is 4.25. The summed E-state index contributed by atoms with van der Waals surface area (Å²) >= 11 is 0. The summed E-state index contributed by atoms with van der Waals surface area (Å²) in [7, 11) is 0. The molecule has 0 aromatic carbocycles. The fourth-order valence-electron chi connectivity index (χ4n) is 1.11. The van der Waals surface area contributed by atoms with Gasteiger partial charge >= 0.3 is 0 Å². The van der Waals surface area contributed by atoms with Gasteiger partial charge < -0.3 is 0 Å². The molecular formula is C8H13N5. The minimum Gasteiger partial charge on any atom is -0.269 e. The van der Waals surface area contributed by atoms with Gasteiger partial charge in [-0.05, 0) is 17.5 Å². The molecule has 1 rings (SSSR count). The molecule has 5 heteroatoms. The fraction of sp³-hybridized carbons (Fsp3) is 0.625. The number of rotatable bonds is 4. The Bertz CT molecular complexity index is 308. The summed E-state index contributed by atoms with van der Waals surface area (Å²) < 4.78 is 1.87. The van der Waals surface area contributed by atoms with Gasteiger partial charge in [0.1, 0.15) is 0 Å². The highest BCUT2D eigenvalue weighted by Crippen LogP contribution is 2.05. The maximum atomic E-state index is 8.17. The molecule has 13 heavy (non-hydrogen) atoms. The molecule has 0 N–H and O–H groups in total. The maximum absolute atomic E-state index is 8.17. The van der Waals surface area contributed by atoms with Crippen LogP contribution in [0.4, 0.5) is 0 Å². The number of hydrogen-bond donors (Lipinski definition) is 0. The van der Waals surface area contributed by atoms with Gasteiger partial charge in [0.05, 0.1) is 6.54 Å². The molecular weight excluding hydrogens is 166 g/mol. The average Bonchev–Trinajstić information content (AvgIpc) is 2.48. The van der Waals surface area contributed by atoms with Crippen LogP contribution in [0, 0.1) is 5.92 Å². The summed E-state index contributed by atoms with van der Waals surface area (Å²) in [5.41, 5.74) is 9.13. The van der Waals surface area contributed by atoms with Crippen molar-refractivity contribution in [2.24, 2.45) is 11.0 Å². The molecule has 0 aliphatic rings. The predicted octanol–water partition coefficient (Wildman–Crippen LogP) is 2.35. The van der Waals surface area contributed by atoms with E-state index in [9.17, 15) is 0 Å². The van der Waals surface area contributed by atoms with E-state index in [1.54, 1.807) is 6.20 Å². The molecule has 0 fully saturated rings. The largest absolute Gasteiger partial charge is 0.269 e. The van der Waals surface area contributed by atoms with Gasteiger partial charge in [-0.3, -0.25) is 4.68 Å². The Balaban J connectivity index is 2.70. The summed E-state index contributed by atoms with van der Waals surface area (Å²) in [6.45, 7) is 5.49. The van der Waals surface area contributed by atoms with E-state index in [0.717, 1.165) is 12.2 Å². The van der Waals surface area contributed by atoms with E-state index >= 15 is 0 Å². The van der Waals surface area contributed by atoms with Gasteiger partial charge in [0.2, 0.25) is 0 Å². The van der Waals surface area contributed by atoms with E-state index in [0.29, 0.717) is 12.5 Å². The Hall–Kier alpha value is -1.48. The van der Waals surface area contributed by atoms with Crippen molar-refractivity contribution >= 4 is 0 Å². The van der Waals surface area contributed by atoms with Gasteiger partial charge in [0, 0.05) is 23.3 Å². The smallest absolute Gasteiger partial charge is 0.0681 e. The third kappa shape index (κ3) is 2.80. The van der Waals surface area contributed by atoms with Crippen molar-refractivity contribution in [2.75, 3.05) is 0 Å². The van der Waals surface area contributed by atoms with E-state index in [2.05, 4.69) is 29.0 Å². The summed E-state index contributed by atoms with van der Waals surface area (Å²) in [6.07, 6.45) is 1.73. The molecule has 1 aromatic rings. The molecule has 0 amide bonds. The highest BCUT2D eigenvalue weighted by molar-refractivity contribution is 5.00. The Morgan fingerprint density at radius 2 is 2.46 bits per heavy atom. The first-order chi connectivity index (χ1) is 6.24. The van der Waals surface area contributed by atoms with Crippen LogP contribution in [0.5, 0.6) is 0 Å². The van der Waals surface area contributed by atoms with E-state index < -0.39 is 0 Å². The second-order valence-electron chi connectivity index (χ2n) is 3.29. The van der Waals surface area contributed by atoms with Crippen molar-refractivity contribution in [1.29, 1.82) is 0 Å². The topological polar surface area (TPSA) is 66.6 Å². The van der Waals surface area contributed by atoms with Crippen molar-refractivity contribution in [3.05, 3.63) is 28.4 Å². The Labute approximate surface area is 77.0 Å². The zero-order valence-corrected chi connectivity index (χ0v) is 7.88. The molecule has 1 aromatic heterocycles. The minimum atomic E-state index is 0.378. The summed E-state index contributed by atoms with van der Waals surface area (Å²) in [5, 5.41) is 7.64. The van der Waals surface area contributed by atoms with E-state index in [4.69, 9.17) is 5.53 Å². The van der Waals surface area contributed by atoms with E-state index in [-0.39, 0.29) is 0 Å². The zero-order chi connectivity index (χ0) is 9.68. The van der Waals surface area contributed by atoms with Crippen molar-refractivity contribution in [3.63, 3.8) is 0 Å². The molecule has 0 radical (unpaired) electrons. The predicted molar refractivity (Wildman–Crippen MR) is 49.9 cm³/mol. The Morgan fingerprint density at radius 1 is 1.69 bits per heavy atom.